The van der Waals surface area contributed by atoms with Crippen LogP contribution in [-0.2, 0) is 17.9 Å². The molecular formula is C14H20N4O2S2. The lowest BCUT2D eigenvalue weighted by Crippen LogP contribution is -2.27. The van der Waals surface area contributed by atoms with E-state index in [1.807, 2.05) is 16.8 Å². The SMILES string of the molecule is CCCCn1c(SCC(=O)N(C)Cc2ccsc2)n[nH]c1=O. The Bertz CT molecular complexity index is 648. The van der Waals surface area contributed by atoms with Crippen molar-refractivity contribution in [1.29, 1.82) is 0 Å². The number of hydrogen-bond donors (Lipinski definition) is 1. The van der Waals surface area contributed by atoms with E-state index in [9.17, 15) is 9.59 Å². The van der Waals surface area contributed by atoms with Crippen molar-refractivity contribution < 1.29 is 4.79 Å². The summed E-state index contributed by atoms with van der Waals surface area (Å²) in [6.07, 6.45) is 1.92. The van der Waals surface area contributed by atoms with E-state index in [0.717, 1.165) is 18.4 Å². The summed E-state index contributed by atoms with van der Waals surface area (Å²) >= 11 is 2.92. The molecule has 0 aliphatic heterocycles. The van der Waals surface area contributed by atoms with Crippen LogP contribution >= 0.6 is 23.1 Å². The molecule has 0 spiro atoms. The minimum absolute atomic E-state index is 0.0219. The van der Waals surface area contributed by atoms with Gasteiger partial charge in [0.15, 0.2) is 5.16 Å². The first kappa shape index (κ1) is 16.8. The molecule has 2 rings (SSSR count). The average molecular weight is 340 g/mol. The Balaban J connectivity index is 1.89. The van der Waals surface area contributed by atoms with Crippen LogP contribution < -0.4 is 5.69 Å². The number of aromatic amines is 1. The van der Waals surface area contributed by atoms with Gasteiger partial charge in [0.2, 0.25) is 5.91 Å². The molecule has 22 heavy (non-hydrogen) atoms. The molecule has 0 saturated carbocycles. The molecule has 120 valence electrons. The molecule has 1 N–H and O–H groups in total. The first-order chi connectivity index (χ1) is 10.6. The van der Waals surface area contributed by atoms with Crippen molar-refractivity contribution in [2.45, 2.75) is 38.0 Å². The molecule has 0 aromatic carbocycles. The maximum absolute atomic E-state index is 12.2. The fraction of sp³-hybridized carbons (Fsp3) is 0.500. The van der Waals surface area contributed by atoms with Crippen LogP contribution in [0.3, 0.4) is 0 Å². The van der Waals surface area contributed by atoms with Crippen LogP contribution in [0.1, 0.15) is 25.3 Å². The topological polar surface area (TPSA) is 71.0 Å². The normalized spacial score (nSPS) is 10.8. The summed E-state index contributed by atoms with van der Waals surface area (Å²) in [4.78, 5) is 25.5. The number of unbranched alkanes of at least 4 members (excludes halogenated alkanes) is 1. The number of rotatable bonds is 8. The van der Waals surface area contributed by atoms with Gasteiger partial charge in [0.05, 0.1) is 5.75 Å². The van der Waals surface area contributed by atoms with E-state index in [0.29, 0.717) is 18.2 Å². The molecule has 1 amide bonds. The number of carbonyl (C=O) groups excluding carboxylic acids is 1. The highest BCUT2D eigenvalue weighted by Gasteiger charge is 2.14. The molecule has 0 saturated heterocycles. The first-order valence-corrected chi connectivity index (χ1v) is 9.07. The maximum atomic E-state index is 12.2. The quantitative estimate of drug-likeness (QED) is 0.748. The van der Waals surface area contributed by atoms with E-state index in [4.69, 9.17) is 0 Å². The highest BCUT2D eigenvalue weighted by Crippen LogP contribution is 2.15. The highest BCUT2D eigenvalue weighted by molar-refractivity contribution is 7.99. The van der Waals surface area contributed by atoms with E-state index in [1.54, 1.807) is 27.9 Å². The van der Waals surface area contributed by atoms with Crippen molar-refractivity contribution in [3.63, 3.8) is 0 Å². The Hall–Kier alpha value is -1.54. The second kappa shape index (κ2) is 8.19. The molecule has 0 atom stereocenters. The number of hydrogen-bond acceptors (Lipinski definition) is 5. The predicted octanol–water partition coefficient (Wildman–Crippen LogP) is 2.18. The number of nitrogens with one attached hydrogen (secondary N) is 1. The van der Waals surface area contributed by atoms with Gasteiger partial charge in [-0.15, -0.1) is 5.10 Å². The molecule has 0 aliphatic carbocycles. The van der Waals surface area contributed by atoms with Gasteiger partial charge in [-0.1, -0.05) is 25.1 Å². The molecule has 0 aliphatic rings. The van der Waals surface area contributed by atoms with E-state index in [2.05, 4.69) is 17.1 Å². The van der Waals surface area contributed by atoms with E-state index >= 15 is 0 Å². The zero-order chi connectivity index (χ0) is 15.9. The Kier molecular flexibility index (Phi) is 6.26. The van der Waals surface area contributed by atoms with Crippen molar-refractivity contribution >= 4 is 29.0 Å². The Labute approximate surface area is 137 Å². The molecule has 2 aromatic heterocycles. The highest BCUT2D eigenvalue weighted by atomic mass is 32.2. The molecule has 2 aromatic rings. The van der Waals surface area contributed by atoms with Gasteiger partial charge in [-0.3, -0.25) is 9.36 Å². The average Bonchev–Trinajstić information content (AvgIpc) is 3.13. The third-order valence-corrected chi connectivity index (χ3v) is 4.90. The zero-order valence-corrected chi connectivity index (χ0v) is 14.4. The van der Waals surface area contributed by atoms with Gasteiger partial charge in [0, 0.05) is 20.1 Å². The summed E-state index contributed by atoms with van der Waals surface area (Å²) in [5.74, 6) is 0.297. The Morgan fingerprint density at radius 3 is 3.05 bits per heavy atom. The second-order valence-corrected chi connectivity index (χ2v) is 6.71. The maximum Gasteiger partial charge on any atom is 0.343 e. The lowest BCUT2D eigenvalue weighted by atomic mass is 10.3. The van der Waals surface area contributed by atoms with Crippen molar-refractivity contribution in [1.82, 2.24) is 19.7 Å². The largest absolute Gasteiger partial charge is 0.343 e. The van der Waals surface area contributed by atoms with Crippen LogP contribution in [0.2, 0.25) is 0 Å². The molecule has 0 bridgehead atoms. The third-order valence-electron chi connectivity index (χ3n) is 3.21. The summed E-state index contributed by atoms with van der Waals surface area (Å²) in [5.41, 5.74) is 0.917. The first-order valence-electron chi connectivity index (χ1n) is 7.15. The van der Waals surface area contributed by atoms with E-state index < -0.39 is 0 Å². The van der Waals surface area contributed by atoms with Crippen molar-refractivity contribution in [2.75, 3.05) is 12.8 Å². The van der Waals surface area contributed by atoms with Gasteiger partial charge in [0.1, 0.15) is 0 Å². The monoisotopic (exact) mass is 340 g/mol. The van der Waals surface area contributed by atoms with Crippen LogP contribution in [0, 0.1) is 0 Å². The molecule has 0 unspecified atom stereocenters. The summed E-state index contributed by atoms with van der Waals surface area (Å²) in [7, 11) is 1.79. The number of carbonyl (C=O) groups is 1. The van der Waals surface area contributed by atoms with Gasteiger partial charge < -0.3 is 4.90 Å². The van der Waals surface area contributed by atoms with Crippen LogP contribution in [0.15, 0.2) is 26.8 Å². The van der Waals surface area contributed by atoms with Crippen LogP contribution in [-0.4, -0.2) is 38.4 Å². The third kappa shape index (κ3) is 4.48. The van der Waals surface area contributed by atoms with Crippen LogP contribution in [0.4, 0.5) is 0 Å². The van der Waals surface area contributed by atoms with E-state index in [1.165, 1.54) is 11.8 Å². The van der Waals surface area contributed by atoms with Gasteiger partial charge in [-0.25, -0.2) is 9.89 Å². The smallest absolute Gasteiger partial charge is 0.341 e. The Morgan fingerprint density at radius 2 is 2.36 bits per heavy atom. The molecular weight excluding hydrogens is 320 g/mol. The Morgan fingerprint density at radius 1 is 1.55 bits per heavy atom. The molecule has 0 radical (unpaired) electrons. The van der Waals surface area contributed by atoms with Gasteiger partial charge in [-0.2, -0.15) is 11.3 Å². The number of nitrogens with zero attached hydrogens (tertiary/aromatic N) is 3. The number of thiophene rings is 1. The predicted molar refractivity (Wildman–Crippen MR) is 89.3 cm³/mol. The van der Waals surface area contributed by atoms with Crippen molar-refractivity contribution in [3.8, 4) is 0 Å². The van der Waals surface area contributed by atoms with E-state index in [-0.39, 0.29) is 17.3 Å². The second-order valence-electron chi connectivity index (χ2n) is 4.99. The molecule has 8 heteroatoms. The lowest BCUT2D eigenvalue weighted by molar-refractivity contribution is -0.127. The van der Waals surface area contributed by atoms with Crippen molar-refractivity contribution in [3.05, 3.63) is 32.9 Å². The minimum atomic E-state index is -0.213. The number of amides is 1. The standard InChI is InChI=1S/C14H20N4O2S2/c1-3-4-6-18-13(20)15-16-14(18)22-10-12(19)17(2)8-11-5-7-21-9-11/h5,7,9H,3-4,6,8,10H2,1-2H3,(H,15,20). The summed E-state index contributed by atoms with van der Waals surface area (Å²) in [5, 5.41) is 11.1. The molecule has 2 heterocycles. The van der Waals surface area contributed by atoms with Crippen LogP contribution in [0.5, 0.6) is 0 Å². The number of thioether (sulfide) groups is 1. The van der Waals surface area contributed by atoms with Crippen molar-refractivity contribution in [2.24, 2.45) is 0 Å². The lowest BCUT2D eigenvalue weighted by Gasteiger charge is -2.16. The zero-order valence-electron chi connectivity index (χ0n) is 12.7. The van der Waals surface area contributed by atoms with Crippen LogP contribution in [0.25, 0.3) is 0 Å². The summed E-state index contributed by atoms with van der Waals surface area (Å²) in [6, 6.07) is 2.01. The summed E-state index contributed by atoms with van der Waals surface area (Å²) < 4.78 is 1.60. The molecule has 0 fully saturated rings. The number of aromatic nitrogens is 3. The fourth-order valence-corrected chi connectivity index (χ4v) is 3.48. The van der Waals surface area contributed by atoms with Gasteiger partial charge in [-0.05, 0) is 28.8 Å². The number of H-pyrrole nitrogens is 1. The molecule has 6 nitrogen and oxygen atoms in total. The van der Waals surface area contributed by atoms with Gasteiger partial charge >= 0.3 is 5.69 Å². The fourth-order valence-electron chi connectivity index (χ4n) is 1.91. The summed E-state index contributed by atoms with van der Waals surface area (Å²) in [6.45, 7) is 3.31. The van der Waals surface area contributed by atoms with Gasteiger partial charge in [0.25, 0.3) is 0 Å². The minimum Gasteiger partial charge on any atom is -0.341 e.